The van der Waals surface area contributed by atoms with Crippen molar-refractivity contribution < 1.29 is 4.79 Å². The third-order valence-corrected chi connectivity index (χ3v) is 2.85. The van der Waals surface area contributed by atoms with E-state index in [4.69, 9.17) is 0 Å². The van der Waals surface area contributed by atoms with E-state index in [-0.39, 0.29) is 0 Å². The van der Waals surface area contributed by atoms with Crippen molar-refractivity contribution in [2.45, 2.75) is 32.1 Å². The summed E-state index contributed by atoms with van der Waals surface area (Å²) in [6, 6.07) is 2.12. The first kappa shape index (κ1) is 8.54. The molecule has 1 saturated carbocycles. The number of rotatable bonds is 2. The number of Topliss-reactive ketones (excluding diaryl/α,β-unsaturated/α-hetero) is 1. The van der Waals surface area contributed by atoms with Crippen LogP contribution in [0.5, 0.6) is 0 Å². The summed E-state index contributed by atoms with van der Waals surface area (Å²) in [7, 11) is 0. The Morgan fingerprint density at radius 1 is 1.38 bits per heavy atom. The van der Waals surface area contributed by atoms with Gasteiger partial charge < -0.3 is 4.98 Å². The second kappa shape index (κ2) is 3.77. The molecule has 0 bridgehead atoms. The second-order valence-electron chi connectivity index (χ2n) is 3.91. The molecule has 1 aromatic heterocycles. The average molecular weight is 177 g/mol. The van der Waals surface area contributed by atoms with Crippen LogP contribution in [0.15, 0.2) is 18.5 Å². The van der Waals surface area contributed by atoms with Crippen LogP contribution < -0.4 is 0 Å². The SMILES string of the molecule is O=C1CCC(Cc2cc[nH]c2)CC1. The predicted octanol–water partition coefficient (Wildman–Crippen LogP) is 2.32. The lowest BCUT2D eigenvalue weighted by atomic mass is 9.85. The molecule has 0 aromatic carbocycles. The maximum absolute atomic E-state index is 11.0. The van der Waals surface area contributed by atoms with E-state index < -0.39 is 0 Å². The quantitative estimate of drug-likeness (QED) is 0.738. The van der Waals surface area contributed by atoms with Crippen molar-refractivity contribution in [3.63, 3.8) is 0 Å². The number of nitrogens with one attached hydrogen (secondary N) is 1. The number of aromatic nitrogens is 1. The molecule has 1 fully saturated rings. The van der Waals surface area contributed by atoms with E-state index >= 15 is 0 Å². The van der Waals surface area contributed by atoms with E-state index in [1.54, 1.807) is 0 Å². The molecule has 1 aliphatic carbocycles. The summed E-state index contributed by atoms with van der Waals surface area (Å²) in [5.74, 6) is 1.18. The molecule has 70 valence electrons. The number of H-pyrrole nitrogens is 1. The van der Waals surface area contributed by atoms with Gasteiger partial charge in [-0.3, -0.25) is 4.79 Å². The largest absolute Gasteiger partial charge is 0.367 e. The molecule has 13 heavy (non-hydrogen) atoms. The molecule has 0 spiro atoms. The third-order valence-electron chi connectivity index (χ3n) is 2.85. The number of carbonyl (C=O) groups excluding carboxylic acids is 1. The lowest BCUT2D eigenvalue weighted by Gasteiger charge is -2.19. The molecular formula is C11H15NO. The maximum atomic E-state index is 11.0. The van der Waals surface area contributed by atoms with Crippen LogP contribution in [0.3, 0.4) is 0 Å². The summed E-state index contributed by atoms with van der Waals surface area (Å²) < 4.78 is 0. The molecule has 1 aliphatic rings. The Hall–Kier alpha value is -1.05. The highest BCUT2D eigenvalue weighted by Gasteiger charge is 2.18. The highest BCUT2D eigenvalue weighted by atomic mass is 16.1. The van der Waals surface area contributed by atoms with Crippen LogP contribution in [-0.4, -0.2) is 10.8 Å². The van der Waals surface area contributed by atoms with Crippen LogP contribution >= 0.6 is 0 Å². The van der Waals surface area contributed by atoms with E-state index in [0.717, 1.165) is 38.0 Å². The molecule has 1 heterocycles. The second-order valence-corrected chi connectivity index (χ2v) is 3.91. The number of aromatic amines is 1. The summed E-state index contributed by atoms with van der Waals surface area (Å²) in [4.78, 5) is 14.1. The topological polar surface area (TPSA) is 32.9 Å². The number of carbonyl (C=O) groups is 1. The van der Waals surface area contributed by atoms with Crippen molar-refractivity contribution in [2.24, 2.45) is 5.92 Å². The van der Waals surface area contributed by atoms with Crippen LogP contribution in [0, 0.1) is 5.92 Å². The number of hydrogen-bond acceptors (Lipinski definition) is 1. The predicted molar refractivity (Wildman–Crippen MR) is 51.5 cm³/mol. The Morgan fingerprint density at radius 3 is 2.77 bits per heavy atom. The molecule has 0 saturated heterocycles. The Bertz CT molecular complexity index is 266. The number of ketones is 1. The van der Waals surface area contributed by atoms with Gasteiger partial charge in [-0.15, -0.1) is 0 Å². The summed E-state index contributed by atoms with van der Waals surface area (Å²) in [6.45, 7) is 0. The van der Waals surface area contributed by atoms with Crippen LogP contribution in [0.1, 0.15) is 31.2 Å². The molecule has 1 N–H and O–H groups in total. The van der Waals surface area contributed by atoms with Gasteiger partial charge in [-0.2, -0.15) is 0 Å². The minimum Gasteiger partial charge on any atom is -0.367 e. The van der Waals surface area contributed by atoms with Gasteiger partial charge in [-0.25, -0.2) is 0 Å². The van der Waals surface area contributed by atoms with Gasteiger partial charge >= 0.3 is 0 Å². The Balaban J connectivity index is 1.86. The van der Waals surface area contributed by atoms with E-state index in [1.165, 1.54) is 5.56 Å². The Morgan fingerprint density at radius 2 is 2.15 bits per heavy atom. The first-order valence-corrected chi connectivity index (χ1v) is 4.98. The van der Waals surface area contributed by atoms with E-state index in [0.29, 0.717) is 5.78 Å². The smallest absolute Gasteiger partial charge is 0.132 e. The monoisotopic (exact) mass is 177 g/mol. The van der Waals surface area contributed by atoms with Crippen LogP contribution in [0.4, 0.5) is 0 Å². The molecule has 0 atom stereocenters. The summed E-state index contributed by atoms with van der Waals surface area (Å²) in [5, 5.41) is 0. The van der Waals surface area contributed by atoms with Crippen molar-refractivity contribution in [3.05, 3.63) is 24.0 Å². The van der Waals surface area contributed by atoms with E-state index in [1.807, 2.05) is 6.20 Å². The summed E-state index contributed by atoms with van der Waals surface area (Å²) in [6.07, 6.45) is 8.93. The molecule has 2 nitrogen and oxygen atoms in total. The molecule has 1 aromatic rings. The summed E-state index contributed by atoms with van der Waals surface area (Å²) >= 11 is 0. The first-order chi connectivity index (χ1) is 6.34. The number of hydrogen-bond donors (Lipinski definition) is 1. The lowest BCUT2D eigenvalue weighted by molar-refractivity contribution is -0.120. The summed E-state index contributed by atoms with van der Waals surface area (Å²) in [5.41, 5.74) is 1.37. The van der Waals surface area contributed by atoms with Crippen LogP contribution in [0.2, 0.25) is 0 Å². The average Bonchev–Trinajstić information content (AvgIpc) is 2.62. The van der Waals surface area contributed by atoms with Gasteiger partial charge in [0.05, 0.1) is 0 Å². The van der Waals surface area contributed by atoms with Crippen molar-refractivity contribution in [1.82, 2.24) is 4.98 Å². The lowest BCUT2D eigenvalue weighted by Crippen LogP contribution is -2.15. The van der Waals surface area contributed by atoms with Crippen molar-refractivity contribution in [2.75, 3.05) is 0 Å². The normalized spacial score (nSPS) is 19.2. The fraction of sp³-hybridized carbons (Fsp3) is 0.545. The molecule has 2 heteroatoms. The van der Waals surface area contributed by atoms with Crippen molar-refractivity contribution >= 4 is 5.78 Å². The highest BCUT2D eigenvalue weighted by Crippen LogP contribution is 2.24. The third kappa shape index (κ3) is 2.20. The van der Waals surface area contributed by atoms with E-state index in [2.05, 4.69) is 17.2 Å². The van der Waals surface area contributed by atoms with Gasteiger partial charge in [0, 0.05) is 25.2 Å². The van der Waals surface area contributed by atoms with Gasteiger partial charge in [0.15, 0.2) is 0 Å². The fourth-order valence-electron chi connectivity index (χ4n) is 2.02. The van der Waals surface area contributed by atoms with Gasteiger partial charge in [0.1, 0.15) is 5.78 Å². The fourth-order valence-corrected chi connectivity index (χ4v) is 2.02. The zero-order chi connectivity index (χ0) is 9.10. The molecule has 0 unspecified atom stereocenters. The Kier molecular flexibility index (Phi) is 2.48. The molecule has 0 aliphatic heterocycles. The van der Waals surface area contributed by atoms with Crippen molar-refractivity contribution in [1.29, 1.82) is 0 Å². The first-order valence-electron chi connectivity index (χ1n) is 4.98. The molecule has 0 radical (unpaired) electrons. The zero-order valence-electron chi connectivity index (χ0n) is 7.75. The molecule has 0 amide bonds. The molecular weight excluding hydrogens is 162 g/mol. The van der Waals surface area contributed by atoms with Gasteiger partial charge in [-0.1, -0.05) is 0 Å². The molecule has 2 rings (SSSR count). The van der Waals surface area contributed by atoms with Crippen LogP contribution in [0.25, 0.3) is 0 Å². The highest BCUT2D eigenvalue weighted by molar-refractivity contribution is 5.79. The standard InChI is InChI=1S/C11H15NO/c13-11-3-1-9(2-4-11)7-10-5-6-12-8-10/h5-6,8-9,12H,1-4,7H2. The van der Waals surface area contributed by atoms with Crippen LogP contribution in [-0.2, 0) is 11.2 Å². The van der Waals surface area contributed by atoms with Gasteiger partial charge in [-0.05, 0) is 36.8 Å². The van der Waals surface area contributed by atoms with Gasteiger partial charge in [0.2, 0.25) is 0 Å². The minimum atomic E-state index is 0.449. The maximum Gasteiger partial charge on any atom is 0.132 e. The Labute approximate surface area is 78.4 Å². The zero-order valence-corrected chi connectivity index (χ0v) is 7.75. The van der Waals surface area contributed by atoms with Crippen molar-refractivity contribution in [3.8, 4) is 0 Å². The minimum absolute atomic E-state index is 0.449. The van der Waals surface area contributed by atoms with Gasteiger partial charge in [0.25, 0.3) is 0 Å². The van der Waals surface area contributed by atoms with E-state index in [9.17, 15) is 4.79 Å².